The van der Waals surface area contributed by atoms with E-state index in [4.69, 9.17) is 0 Å². The molecule has 0 aliphatic carbocycles. The van der Waals surface area contributed by atoms with Crippen molar-refractivity contribution in [2.75, 3.05) is 37.6 Å². The van der Waals surface area contributed by atoms with E-state index in [-0.39, 0.29) is 18.0 Å². The summed E-state index contributed by atoms with van der Waals surface area (Å²) in [5, 5.41) is 5.83. The molecular formula is C19H28N4O2. The second-order valence-corrected chi connectivity index (χ2v) is 6.90. The van der Waals surface area contributed by atoms with E-state index in [9.17, 15) is 9.59 Å². The molecule has 0 saturated carbocycles. The number of para-hydroxylation sites is 1. The molecule has 6 nitrogen and oxygen atoms in total. The van der Waals surface area contributed by atoms with Crippen molar-refractivity contribution in [3.63, 3.8) is 0 Å². The van der Waals surface area contributed by atoms with Gasteiger partial charge in [0.05, 0.1) is 6.04 Å². The van der Waals surface area contributed by atoms with E-state index in [1.165, 1.54) is 32.4 Å². The molecule has 2 aliphatic heterocycles. The lowest BCUT2D eigenvalue weighted by Crippen LogP contribution is -2.44. The molecule has 1 aromatic carbocycles. The predicted octanol–water partition coefficient (Wildman–Crippen LogP) is 1.97. The number of carbonyl (C=O) groups is 2. The van der Waals surface area contributed by atoms with Gasteiger partial charge in [0.1, 0.15) is 0 Å². The van der Waals surface area contributed by atoms with Crippen molar-refractivity contribution in [3.05, 3.63) is 30.3 Å². The summed E-state index contributed by atoms with van der Waals surface area (Å²) in [6, 6.07) is 9.29. The Morgan fingerprint density at radius 1 is 1.12 bits per heavy atom. The number of likely N-dealkylation sites (tertiary alicyclic amines) is 1. The largest absolute Gasteiger partial charge is 0.338 e. The number of benzene rings is 1. The summed E-state index contributed by atoms with van der Waals surface area (Å²) in [6.45, 7) is 4.62. The summed E-state index contributed by atoms with van der Waals surface area (Å²) in [6.07, 6.45) is 5.25. The summed E-state index contributed by atoms with van der Waals surface area (Å²) in [5.74, 6) is 0.0570. The Morgan fingerprint density at radius 2 is 1.88 bits per heavy atom. The van der Waals surface area contributed by atoms with E-state index in [2.05, 4.69) is 15.5 Å². The lowest BCUT2D eigenvalue weighted by atomic mass is 10.1. The Morgan fingerprint density at radius 3 is 2.64 bits per heavy atom. The van der Waals surface area contributed by atoms with Crippen molar-refractivity contribution >= 4 is 17.6 Å². The molecule has 3 amide bonds. The molecule has 0 radical (unpaired) electrons. The van der Waals surface area contributed by atoms with E-state index in [1.807, 2.05) is 30.3 Å². The maximum Gasteiger partial charge on any atom is 0.315 e. The molecular weight excluding hydrogens is 316 g/mol. The Labute approximate surface area is 149 Å². The Balaban J connectivity index is 1.35. The van der Waals surface area contributed by atoms with Gasteiger partial charge in [-0.15, -0.1) is 0 Å². The van der Waals surface area contributed by atoms with E-state index in [0.29, 0.717) is 19.5 Å². The average molecular weight is 344 g/mol. The molecule has 6 heteroatoms. The zero-order chi connectivity index (χ0) is 17.5. The van der Waals surface area contributed by atoms with E-state index in [1.54, 1.807) is 4.90 Å². The molecule has 0 spiro atoms. The summed E-state index contributed by atoms with van der Waals surface area (Å²) in [7, 11) is 0. The van der Waals surface area contributed by atoms with Crippen LogP contribution in [0.1, 0.15) is 32.1 Å². The van der Waals surface area contributed by atoms with Crippen LogP contribution in [0.15, 0.2) is 30.3 Å². The van der Waals surface area contributed by atoms with Crippen molar-refractivity contribution in [1.82, 2.24) is 15.5 Å². The number of hydrogen-bond donors (Lipinski definition) is 2. The molecule has 2 N–H and O–H groups in total. The summed E-state index contributed by atoms with van der Waals surface area (Å²) in [4.78, 5) is 28.4. The third-order valence-corrected chi connectivity index (χ3v) is 4.91. The first kappa shape index (κ1) is 17.7. The predicted molar refractivity (Wildman–Crippen MR) is 98.6 cm³/mol. The molecule has 2 fully saturated rings. The summed E-state index contributed by atoms with van der Waals surface area (Å²) in [5.41, 5.74) is 0.888. The lowest BCUT2D eigenvalue weighted by Gasteiger charge is -2.26. The maximum absolute atomic E-state index is 12.2. The van der Waals surface area contributed by atoms with Crippen LogP contribution in [-0.4, -0.2) is 55.6 Å². The molecule has 3 rings (SSSR count). The summed E-state index contributed by atoms with van der Waals surface area (Å²) >= 11 is 0. The third-order valence-electron chi connectivity index (χ3n) is 4.91. The van der Waals surface area contributed by atoms with Crippen LogP contribution in [0, 0.1) is 0 Å². The van der Waals surface area contributed by atoms with Crippen molar-refractivity contribution in [2.24, 2.45) is 0 Å². The zero-order valence-corrected chi connectivity index (χ0v) is 14.7. The van der Waals surface area contributed by atoms with Crippen LogP contribution in [0.3, 0.4) is 0 Å². The highest BCUT2D eigenvalue weighted by atomic mass is 16.2. The minimum absolute atomic E-state index is 0.0570. The first-order valence-electron chi connectivity index (χ1n) is 9.34. The number of urea groups is 1. The van der Waals surface area contributed by atoms with Gasteiger partial charge in [-0.1, -0.05) is 24.6 Å². The zero-order valence-electron chi connectivity index (χ0n) is 14.7. The van der Waals surface area contributed by atoms with Crippen LogP contribution in [0.5, 0.6) is 0 Å². The Hall–Kier alpha value is -2.08. The Bertz CT molecular complexity index is 572. The number of anilines is 1. The van der Waals surface area contributed by atoms with Crippen LogP contribution < -0.4 is 15.5 Å². The molecule has 2 aliphatic rings. The van der Waals surface area contributed by atoms with Crippen LogP contribution in [0.2, 0.25) is 0 Å². The first-order chi connectivity index (χ1) is 12.2. The fourth-order valence-electron chi connectivity index (χ4n) is 3.59. The van der Waals surface area contributed by atoms with E-state index >= 15 is 0 Å². The monoisotopic (exact) mass is 344 g/mol. The highest BCUT2D eigenvalue weighted by Gasteiger charge is 2.31. The van der Waals surface area contributed by atoms with E-state index in [0.717, 1.165) is 18.7 Å². The van der Waals surface area contributed by atoms with Gasteiger partial charge in [0.2, 0.25) is 5.91 Å². The van der Waals surface area contributed by atoms with Crippen LogP contribution in [0.25, 0.3) is 0 Å². The molecule has 1 unspecified atom stereocenters. The fourth-order valence-corrected chi connectivity index (χ4v) is 3.59. The molecule has 2 heterocycles. The molecule has 136 valence electrons. The van der Waals surface area contributed by atoms with Gasteiger partial charge in [-0.3, -0.25) is 4.79 Å². The normalized spacial score (nSPS) is 21.4. The maximum atomic E-state index is 12.2. The topological polar surface area (TPSA) is 64.7 Å². The fraction of sp³-hybridized carbons (Fsp3) is 0.579. The molecule has 0 bridgehead atoms. The molecule has 2 saturated heterocycles. The standard InChI is InChI=1S/C19H28N4O2/c24-18-14-16(15-23(18)17-8-3-1-4-9-17)21-19(25)20-10-7-13-22-11-5-2-6-12-22/h1,3-4,8-9,16H,2,5-7,10-15H2,(H2,20,21,25). The molecule has 1 aromatic rings. The van der Waals surface area contributed by atoms with Gasteiger partial charge in [-0.05, 0) is 51.0 Å². The van der Waals surface area contributed by atoms with Gasteiger partial charge >= 0.3 is 6.03 Å². The van der Waals surface area contributed by atoms with Crippen LogP contribution in [0.4, 0.5) is 10.5 Å². The van der Waals surface area contributed by atoms with Crippen LogP contribution in [-0.2, 0) is 4.79 Å². The van der Waals surface area contributed by atoms with Gasteiger partial charge < -0.3 is 20.4 Å². The second kappa shape index (κ2) is 8.85. The lowest BCUT2D eigenvalue weighted by molar-refractivity contribution is -0.117. The molecule has 1 atom stereocenters. The van der Waals surface area contributed by atoms with Crippen molar-refractivity contribution < 1.29 is 9.59 Å². The average Bonchev–Trinajstić information content (AvgIpc) is 3.00. The number of hydrogen-bond acceptors (Lipinski definition) is 3. The number of carbonyl (C=O) groups excluding carboxylic acids is 2. The SMILES string of the molecule is O=C(NCCCN1CCCCC1)NC1CC(=O)N(c2ccccc2)C1. The number of amides is 3. The number of nitrogens with zero attached hydrogens (tertiary/aromatic N) is 2. The van der Waals surface area contributed by atoms with Crippen molar-refractivity contribution in [1.29, 1.82) is 0 Å². The number of piperidine rings is 1. The quantitative estimate of drug-likeness (QED) is 0.776. The second-order valence-electron chi connectivity index (χ2n) is 6.90. The third kappa shape index (κ3) is 5.19. The highest BCUT2D eigenvalue weighted by Crippen LogP contribution is 2.20. The molecule has 0 aromatic heterocycles. The van der Waals surface area contributed by atoms with Gasteiger partial charge in [0.15, 0.2) is 0 Å². The summed E-state index contributed by atoms with van der Waals surface area (Å²) < 4.78 is 0. The van der Waals surface area contributed by atoms with Crippen molar-refractivity contribution in [2.45, 2.75) is 38.1 Å². The molecule has 25 heavy (non-hydrogen) atoms. The van der Waals surface area contributed by atoms with Crippen LogP contribution >= 0.6 is 0 Å². The smallest absolute Gasteiger partial charge is 0.315 e. The van der Waals surface area contributed by atoms with Gasteiger partial charge in [-0.2, -0.15) is 0 Å². The Kier molecular flexibility index (Phi) is 6.28. The highest BCUT2D eigenvalue weighted by molar-refractivity contribution is 5.96. The first-order valence-corrected chi connectivity index (χ1v) is 9.34. The number of rotatable bonds is 6. The minimum Gasteiger partial charge on any atom is -0.338 e. The number of nitrogens with one attached hydrogen (secondary N) is 2. The van der Waals surface area contributed by atoms with E-state index < -0.39 is 0 Å². The van der Waals surface area contributed by atoms with Gasteiger partial charge in [0.25, 0.3) is 0 Å². The van der Waals surface area contributed by atoms with Crippen molar-refractivity contribution in [3.8, 4) is 0 Å². The van der Waals surface area contributed by atoms with Gasteiger partial charge in [0, 0.05) is 25.2 Å². The van der Waals surface area contributed by atoms with Gasteiger partial charge in [-0.25, -0.2) is 4.79 Å². The minimum atomic E-state index is -0.175.